The molecular weight excluding hydrogens is 323 g/mol. The molecule has 3 nitrogen and oxygen atoms in total. The Bertz CT molecular complexity index is 569. The van der Waals surface area contributed by atoms with E-state index in [1.54, 1.807) is 18.3 Å². The number of aromatic nitrogens is 1. The van der Waals surface area contributed by atoms with Gasteiger partial charge in [0.15, 0.2) is 0 Å². The summed E-state index contributed by atoms with van der Waals surface area (Å²) in [5.74, 6) is -0.844. The number of amides is 1. The minimum atomic E-state index is -0.480. The lowest BCUT2D eigenvalue weighted by Crippen LogP contribution is -2.12. The van der Waals surface area contributed by atoms with Crippen LogP contribution in [0.25, 0.3) is 0 Å². The van der Waals surface area contributed by atoms with Crippen molar-refractivity contribution in [2.24, 2.45) is 0 Å². The van der Waals surface area contributed by atoms with Crippen LogP contribution in [0.4, 0.5) is 10.1 Å². The monoisotopic (exact) mass is 328 g/mol. The van der Waals surface area contributed by atoms with Crippen molar-refractivity contribution in [2.45, 2.75) is 0 Å². The van der Waals surface area contributed by atoms with Crippen molar-refractivity contribution in [1.29, 1.82) is 0 Å². The predicted octanol–water partition coefficient (Wildman–Crippen LogP) is 3.89. The van der Waals surface area contributed by atoms with Crippen LogP contribution in [0.2, 0.25) is 5.02 Å². The predicted molar refractivity (Wildman–Crippen MR) is 71.3 cm³/mol. The molecule has 2 aromatic rings. The second kappa shape index (κ2) is 5.46. The Hall–Kier alpha value is -1.46. The van der Waals surface area contributed by atoms with Crippen LogP contribution in [0, 0.1) is 5.82 Å². The van der Waals surface area contributed by atoms with E-state index >= 15 is 0 Å². The summed E-state index contributed by atoms with van der Waals surface area (Å²) in [5.41, 5.74) is 0.719. The highest BCUT2D eigenvalue weighted by atomic mass is 79.9. The molecule has 0 atom stereocenters. The SMILES string of the molecule is O=C(Nc1c(Cl)cc(F)cc1Br)c1cccnc1. The number of hydrogen-bond donors (Lipinski definition) is 1. The van der Waals surface area contributed by atoms with E-state index in [1.165, 1.54) is 12.3 Å². The molecule has 0 unspecified atom stereocenters. The molecule has 1 N–H and O–H groups in total. The highest BCUT2D eigenvalue weighted by molar-refractivity contribution is 9.10. The minimum absolute atomic E-state index is 0.124. The summed E-state index contributed by atoms with van der Waals surface area (Å²) in [6, 6.07) is 5.62. The quantitative estimate of drug-likeness (QED) is 0.908. The average Bonchev–Trinajstić information content (AvgIpc) is 2.34. The Morgan fingerprint density at radius 2 is 2.22 bits per heavy atom. The Kier molecular flexibility index (Phi) is 3.93. The Labute approximate surface area is 116 Å². The molecule has 18 heavy (non-hydrogen) atoms. The fraction of sp³-hybridized carbons (Fsp3) is 0. The lowest BCUT2D eigenvalue weighted by Gasteiger charge is -2.09. The molecule has 92 valence electrons. The van der Waals surface area contributed by atoms with Crippen LogP contribution >= 0.6 is 27.5 Å². The van der Waals surface area contributed by atoms with Crippen molar-refractivity contribution < 1.29 is 9.18 Å². The van der Waals surface area contributed by atoms with E-state index in [0.717, 1.165) is 6.07 Å². The van der Waals surface area contributed by atoms with E-state index in [2.05, 4.69) is 26.2 Å². The van der Waals surface area contributed by atoms with Crippen LogP contribution in [-0.4, -0.2) is 10.9 Å². The van der Waals surface area contributed by atoms with E-state index < -0.39 is 5.82 Å². The Morgan fingerprint density at radius 1 is 1.44 bits per heavy atom. The van der Waals surface area contributed by atoms with Gasteiger partial charge in [-0.2, -0.15) is 0 Å². The van der Waals surface area contributed by atoms with Crippen LogP contribution in [0.1, 0.15) is 10.4 Å². The number of rotatable bonds is 2. The van der Waals surface area contributed by atoms with Crippen LogP contribution < -0.4 is 5.32 Å². The molecule has 0 bridgehead atoms. The summed E-state index contributed by atoms with van der Waals surface area (Å²) in [6.07, 6.45) is 3.00. The van der Waals surface area contributed by atoms with Crippen molar-refractivity contribution in [3.8, 4) is 0 Å². The van der Waals surface area contributed by atoms with Gasteiger partial charge in [-0.3, -0.25) is 9.78 Å². The number of carbonyl (C=O) groups is 1. The number of pyridine rings is 1. The maximum atomic E-state index is 13.0. The fourth-order valence-corrected chi connectivity index (χ4v) is 2.24. The number of benzene rings is 1. The molecule has 1 amide bonds. The van der Waals surface area contributed by atoms with E-state index in [9.17, 15) is 9.18 Å². The molecule has 1 heterocycles. The molecule has 2 rings (SSSR count). The second-order valence-electron chi connectivity index (χ2n) is 3.44. The van der Waals surface area contributed by atoms with Gasteiger partial charge in [0.2, 0.25) is 0 Å². The van der Waals surface area contributed by atoms with Crippen molar-refractivity contribution in [1.82, 2.24) is 4.98 Å². The molecule has 0 aliphatic rings. The standard InChI is InChI=1S/C12H7BrClFN2O/c13-9-4-8(15)5-10(14)11(9)17-12(18)7-2-1-3-16-6-7/h1-6H,(H,17,18). The molecule has 1 aromatic heterocycles. The van der Waals surface area contributed by atoms with Crippen molar-refractivity contribution in [3.63, 3.8) is 0 Å². The van der Waals surface area contributed by atoms with Gasteiger partial charge in [0.25, 0.3) is 5.91 Å². The number of carbonyl (C=O) groups excluding carboxylic acids is 1. The first-order valence-electron chi connectivity index (χ1n) is 4.94. The number of halogens is 3. The molecule has 0 aliphatic heterocycles. The minimum Gasteiger partial charge on any atom is -0.320 e. The first kappa shape index (κ1) is 13.0. The largest absolute Gasteiger partial charge is 0.320 e. The zero-order chi connectivity index (χ0) is 13.1. The van der Waals surface area contributed by atoms with Crippen molar-refractivity contribution >= 4 is 39.1 Å². The molecule has 1 aromatic carbocycles. The zero-order valence-electron chi connectivity index (χ0n) is 8.95. The molecule has 0 aliphatic carbocycles. The summed E-state index contributed by atoms with van der Waals surface area (Å²) in [6.45, 7) is 0. The zero-order valence-corrected chi connectivity index (χ0v) is 11.3. The normalized spacial score (nSPS) is 10.2. The highest BCUT2D eigenvalue weighted by Crippen LogP contribution is 2.31. The molecule has 0 saturated heterocycles. The fourth-order valence-electron chi connectivity index (χ4n) is 1.34. The lowest BCUT2D eigenvalue weighted by atomic mass is 10.2. The van der Waals surface area contributed by atoms with Gasteiger partial charge >= 0.3 is 0 Å². The molecule has 6 heteroatoms. The van der Waals surface area contributed by atoms with E-state index in [4.69, 9.17) is 11.6 Å². The number of anilines is 1. The van der Waals surface area contributed by atoms with E-state index in [1.807, 2.05) is 0 Å². The van der Waals surface area contributed by atoms with Gasteiger partial charge in [0, 0.05) is 16.9 Å². The maximum Gasteiger partial charge on any atom is 0.257 e. The van der Waals surface area contributed by atoms with E-state index in [-0.39, 0.29) is 10.9 Å². The Morgan fingerprint density at radius 3 is 2.83 bits per heavy atom. The van der Waals surface area contributed by atoms with Crippen LogP contribution in [-0.2, 0) is 0 Å². The van der Waals surface area contributed by atoms with Gasteiger partial charge in [0.05, 0.1) is 16.3 Å². The van der Waals surface area contributed by atoms with Gasteiger partial charge in [-0.15, -0.1) is 0 Å². The molecular formula is C12H7BrClFN2O. The molecule has 0 radical (unpaired) electrons. The number of nitrogens with zero attached hydrogens (tertiary/aromatic N) is 1. The molecule has 0 spiro atoms. The van der Waals surface area contributed by atoms with Crippen LogP contribution in [0.3, 0.4) is 0 Å². The number of hydrogen-bond acceptors (Lipinski definition) is 2. The van der Waals surface area contributed by atoms with Gasteiger partial charge in [-0.1, -0.05) is 11.6 Å². The Balaban J connectivity index is 2.28. The van der Waals surface area contributed by atoms with Gasteiger partial charge in [-0.05, 0) is 40.2 Å². The molecule has 0 fully saturated rings. The summed E-state index contributed by atoms with van der Waals surface area (Å²) in [5, 5.41) is 2.72. The van der Waals surface area contributed by atoms with Crippen LogP contribution in [0.5, 0.6) is 0 Å². The first-order chi connectivity index (χ1) is 8.58. The summed E-state index contributed by atoms with van der Waals surface area (Å²) >= 11 is 9.01. The third kappa shape index (κ3) is 2.86. The lowest BCUT2D eigenvalue weighted by molar-refractivity contribution is 0.102. The maximum absolute atomic E-state index is 13.0. The van der Waals surface area contributed by atoms with E-state index in [0.29, 0.717) is 15.7 Å². The number of nitrogens with one attached hydrogen (secondary N) is 1. The third-order valence-corrected chi connectivity index (χ3v) is 3.09. The molecule has 0 saturated carbocycles. The topological polar surface area (TPSA) is 42.0 Å². The average molecular weight is 330 g/mol. The smallest absolute Gasteiger partial charge is 0.257 e. The van der Waals surface area contributed by atoms with Gasteiger partial charge < -0.3 is 5.32 Å². The van der Waals surface area contributed by atoms with Crippen molar-refractivity contribution in [3.05, 3.63) is 57.5 Å². The summed E-state index contributed by atoms with van der Waals surface area (Å²) in [4.78, 5) is 15.7. The summed E-state index contributed by atoms with van der Waals surface area (Å²) < 4.78 is 13.4. The van der Waals surface area contributed by atoms with Gasteiger partial charge in [-0.25, -0.2) is 4.39 Å². The van der Waals surface area contributed by atoms with Crippen LogP contribution in [0.15, 0.2) is 41.1 Å². The third-order valence-electron chi connectivity index (χ3n) is 2.17. The first-order valence-corrected chi connectivity index (χ1v) is 6.11. The highest BCUT2D eigenvalue weighted by Gasteiger charge is 2.12. The van der Waals surface area contributed by atoms with Gasteiger partial charge in [0.1, 0.15) is 5.82 Å². The van der Waals surface area contributed by atoms with Crippen molar-refractivity contribution in [2.75, 3.05) is 5.32 Å². The second-order valence-corrected chi connectivity index (χ2v) is 4.70. The summed E-state index contributed by atoms with van der Waals surface area (Å²) in [7, 11) is 0.